The van der Waals surface area contributed by atoms with Gasteiger partial charge in [-0.2, -0.15) is 0 Å². The Bertz CT molecular complexity index is 309. The lowest BCUT2D eigenvalue weighted by atomic mass is 10.0. The van der Waals surface area contributed by atoms with Crippen molar-refractivity contribution in [2.24, 2.45) is 0 Å². The monoisotopic (exact) mass is 207 g/mol. The van der Waals surface area contributed by atoms with Gasteiger partial charge in [-0.15, -0.1) is 0 Å². The third-order valence-electron chi connectivity index (χ3n) is 2.65. The molecule has 0 aliphatic heterocycles. The van der Waals surface area contributed by atoms with Crippen molar-refractivity contribution in [1.29, 1.82) is 0 Å². The van der Waals surface area contributed by atoms with Gasteiger partial charge in [0.25, 0.3) is 0 Å². The van der Waals surface area contributed by atoms with Gasteiger partial charge in [0.15, 0.2) is 0 Å². The van der Waals surface area contributed by atoms with Gasteiger partial charge in [-0.3, -0.25) is 0 Å². The molecule has 0 heterocycles. The second-order valence-electron chi connectivity index (χ2n) is 4.03. The van der Waals surface area contributed by atoms with E-state index in [1.807, 2.05) is 0 Å². The molecule has 2 heteroatoms. The summed E-state index contributed by atoms with van der Waals surface area (Å²) in [7, 11) is 1.73. The lowest BCUT2D eigenvalue weighted by molar-refractivity contribution is 0.196. The zero-order valence-corrected chi connectivity index (χ0v) is 10.1. The summed E-state index contributed by atoms with van der Waals surface area (Å²) in [5.41, 5.74) is 4.05. The van der Waals surface area contributed by atoms with Crippen LogP contribution in [0.2, 0.25) is 0 Å². The van der Waals surface area contributed by atoms with E-state index in [1.165, 1.54) is 16.7 Å². The summed E-state index contributed by atoms with van der Waals surface area (Å²) < 4.78 is 5.01. The first-order chi connectivity index (χ1) is 7.15. The lowest BCUT2D eigenvalue weighted by Gasteiger charge is -2.16. The first-order valence-corrected chi connectivity index (χ1v) is 5.44. The maximum absolute atomic E-state index is 5.01. The molecule has 1 N–H and O–H groups in total. The number of hydrogen-bond donors (Lipinski definition) is 1. The van der Waals surface area contributed by atoms with Crippen LogP contribution in [0.3, 0.4) is 0 Å². The third-order valence-corrected chi connectivity index (χ3v) is 2.65. The van der Waals surface area contributed by atoms with Crippen LogP contribution in [0.25, 0.3) is 0 Å². The number of methoxy groups -OCH3 is 1. The van der Waals surface area contributed by atoms with Crippen LogP contribution < -0.4 is 5.32 Å². The quantitative estimate of drug-likeness (QED) is 0.749. The van der Waals surface area contributed by atoms with Gasteiger partial charge in [-0.05, 0) is 31.9 Å². The number of aryl methyl sites for hydroxylation is 2. The lowest BCUT2D eigenvalue weighted by Crippen LogP contribution is -2.23. The van der Waals surface area contributed by atoms with Crippen molar-refractivity contribution in [3.8, 4) is 0 Å². The average molecular weight is 207 g/mol. The van der Waals surface area contributed by atoms with Gasteiger partial charge < -0.3 is 10.1 Å². The van der Waals surface area contributed by atoms with Crippen molar-refractivity contribution in [3.63, 3.8) is 0 Å². The molecule has 0 unspecified atom stereocenters. The molecule has 0 aromatic heterocycles. The van der Waals surface area contributed by atoms with Gasteiger partial charge >= 0.3 is 0 Å². The fourth-order valence-corrected chi connectivity index (χ4v) is 1.80. The Morgan fingerprint density at radius 1 is 1.33 bits per heavy atom. The van der Waals surface area contributed by atoms with Crippen LogP contribution in [0.4, 0.5) is 0 Å². The van der Waals surface area contributed by atoms with Gasteiger partial charge in [0.1, 0.15) is 0 Å². The molecule has 0 saturated heterocycles. The van der Waals surface area contributed by atoms with E-state index in [0.29, 0.717) is 6.04 Å². The molecule has 0 saturated carbocycles. The molecule has 15 heavy (non-hydrogen) atoms. The number of hydrogen-bond acceptors (Lipinski definition) is 2. The first kappa shape index (κ1) is 12.2. The largest absolute Gasteiger partial charge is 0.383 e. The summed E-state index contributed by atoms with van der Waals surface area (Å²) in [6.07, 6.45) is 0. The molecule has 0 amide bonds. The molecule has 1 aromatic rings. The minimum atomic E-state index is 0.390. The van der Waals surface area contributed by atoms with E-state index < -0.39 is 0 Å². The Kier molecular flexibility index (Phi) is 4.79. The van der Waals surface area contributed by atoms with Crippen LogP contribution in [0, 0.1) is 13.8 Å². The second-order valence-corrected chi connectivity index (χ2v) is 4.03. The van der Waals surface area contributed by atoms with E-state index in [9.17, 15) is 0 Å². The van der Waals surface area contributed by atoms with Gasteiger partial charge in [0.05, 0.1) is 6.61 Å². The highest BCUT2D eigenvalue weighted by atomic mass is 16.5. The number of ether oxygens (including phenoxy) is 1. The van der Waals surface area contributed by atoms with E-state index in [4.69, 9.17) is 4.74 Å². The van der Waals surface area contributed by atoms with E-state index >= 15 is 0 Å². The Morgan fingerprint density at radius 3 is 2.67 bits per heavy atom. The highest BCUT2D eigenvalue weighted by molar-refractivity contribution is 5.32. The number of nitrogens with one attached hydrogen (secondary N) is 1. The van der Waals surface area contributed by atoms with Gasteiger partial charge in [-0.1, -0.05) is 23.8 Å². The van der Waals surface area contributed by atoms with Crippen molar-refractivity contribution in [2.75, 3.05) is 20.3 Å². The average Bonchev–Trinajstić information content (AvgIpc) is 2.17. The molecule has 0 aliphatic carbocycles. The minimum absolute atomic E-state index is 0.390. The Hall–Kier alpha value is -0.860. The Balaban J connectivity index is 2.61. The fraction of sp³-hybridized carbons (Fsp3) is 0.538. The van der Waals surface area contributed by atoms with E-state index in [2.05, 4.69) is 44.3 Å². The molecule has 0 radical (unpaired) electrons. The fourth-order valence-electron chi connectivity index (χ4n) is 1.80. The van der Waals surface area contributed by atoms with Crippen LogP contribution in [0.1, 0.15) is 29.7 Å². The highest BCUT2D eigenvalue weighted by Crippen LogP contribution is 2.18. The topological polar surface area (TPSA) is 21.3 Å². The Labute approximate surface area is 92.6 Å². The third kappa shape index (κ3) is 3.65. The summed E-state index contributed by atoms with van der Waals surface area (Å²) in [6, 6.07) is 6.98. The smallest absolute Gasteiger partial charge is 0.0587 e. The van der Waals surface area contributed by atoms with E-state index in [-0.39, 0.29) is 0 Å². The van der Waals surface area contributed by atoms with E-state index in [1.54, 1.807) is 7.11 Å². The second kappa shape index (κ2) is 5.89. The molecular weight excluding hydrogens is 186 g/mol. The molecule has 0 bridgehead atoms. The summed E-state index contributed by atoms with van der Waals surface area (Å²) in [4.78, 5) is 0. The SMILES string of the molecule is COCCN[C@H](C)c1ccc(C)cc1C. The summed E-state index contributed by atoms with van der Waals surface area (Å²) in [5, 5.41) is 3.44. The van der Waals surface area contributed by atoms with Crippen LogP contribution in [0.5, 0.6) is 0 Å². The molecular formula is C13H21NO. The summed E-state index contributed by atoms with van der Waals surface area (Å²) >= 11 is 0. The molecule has 84 valence electrons. The van der Waals surface area contributed by atoms with Crippen molar-refractivity contribution in [3.05, 3.63) is 34.9 Å². The van der Waals surface area contributed by atoms with Crippen LogP contribution in [0.15, 0.2) is 18.2 Å². The standard InChI is InChI=1S/C13H21NO/c1-10-5-6-13(11(2)9-10)12(3)14-7-8-15-4/h5-6,9,12,14H,7-8H2,1-4H3/t12-/m1/s1. The molecule has 0 fully saturated rings. The van der Waals surface area contributed by atoms with Crippen molar-refractivity contribution < 1.29 is 4.74 Å². The van der Waals surface area contributed by atoms with Gasteiger partial charge in [0.2, 0.25) is 0 Å². The first-order valence-electron chi connectivity index (χ1n) is 5.44. The number of benzene rings is 1. The molecule has 0 aliphatic rings. The zero-order chi connectivity index (χ0) is 11.3. The van der Waals surface area contributed by atoms with Crippen molar-refractivity contribution >= 4 is 0 Å². The highest BCUT2D eigenvalue weighted by Gasteiger charge is 2.06. The molecule has 2 nitrogen and oxygen atoms in total. The van der Waals surface area contributed by atoms with E-state index in [0.717, 1.165) is 13.2 Å². The van der Waals surface area contributed by atoms with Crippen LogP contribution in [-0.4, -0.2) is 20.3 Å². The Morgan fingerprint density at radius 2 is 2.07 bits per heavy atom. The van der Waals surface area contributed by atoms with Crippen LogP contribution >= 0.6 is 0 Å². The molecule has 1 aromatic carbocycles. The predicted octanol–water partition coefficient (Wildman–Crippen LogP) is 2.60. The van der Waals surface area contributed by atoms with Crippen molar-refractivity contribution in [1.82, 2.24) is 5.32 Å². The summed E-state index contributed by atoms with van der Waals surface area (Å²) in [6.45, 7) is 8.13. The van der Waals surface area contributed by atoms with Crippen molar-refractivity contribution in [2.45, 2.75) is 26.8 Å². The molecule has 1 rings (SSSR count). The molecule has 1 atom stereocenters. The summed E-state index contributed by atoms with van der Waals surface area (Å²) in [5.74, 6) is 0. The maximum atomic E-state index is 5.01. The molecule has 0 spiro atoms. The predicted molar refractivity (Wildman–Crippen MR) is 64.2 cm³/mol. The van der Waals surface area contributed by atoms with Gasteiger partial charge in [-0.25, -0.2) is 0 Å². The van der Waals surface area contributed by atoms with Gasteiger partial charge in [0, 0.05) is 19.7 Å². The maximum Gasteiger partial charge on any atom is 0.0587 e. The van der Waals surface area contributed by atoms with Crippen LogP contribution in [-0.2, 0) is 4.74 Å². The normalized spacial score (nSPS) is 12.8. The zero-order valence-electron chi connectivity index (χ0n) is 10.1. The number of rotatable bonds is 5. The minimum Gasteiger partial charge on any atom is -0.383 e.